The Morgan fingerprint density at radius 3 is 2.55 bits per heavy atom. The third kappa shape index (κ3) is 2.27. The second-order valence-corrected chi connectivity index (χ2v) is 5.37. The molecule has 1 aliphatic carbocycles. The second-order valence-electron chi connectivity index (χ2n) is 5.37. The summed E-state index contributed by atoms with van der Waals surface area (Å²) in [5, 5.41) is 20.2. The summed E-state index contributed by atoms with van der Waals surface area (Å²) in [5.41, 5.74) is 10.2. The summed E-state index contributed by atoms with van der Waals surface area (Å²) in [5.74, 6) is 0.358. The molecule has 1 aromatic heterocycles. The van der Waals surface area contributed by atoms with E-state index in [9.17, 15) is 15.4 Å². The standard InChI is InChI=1S/C16H14N4O2/c17-9-13-15(10-5-7-11(8-6-10)20(21)22)12-3-1-2-4-14(12)19-16(13)18/h5-8H,1-4H2,(H2,18,19)/p+1. The number of pyridine rings is 1. The number of nitrogens with zero attached hydrogens (tertiary/aromatic N) is 2. The highest BCUT2D eigenvalue weighted by Gasteiger charge is 2.25. The molecule has 0 fully saturated rings. The van der Waals surface area contributed by atoms with Gasteiger partial charge in [-0.2, -0.15) is 5.26 Å². The van der Waals surface area contributed by atoms with Gasteiger partial charge in [-0.05, 0) is 37.0 Å². The summed E-state index contributed by atoms with van der Waals surface area (Å²) in [7, 11) is 0. The Balaban J connectivity index is 2.22. The van der Waals surface area contributed by atoms with Gasteiger partial charge in [-0.3, -0.25) is 15.8 Å². The van der Waals surface area contributed by atoms with Crippen LogP contribution in [-0.2, 0) is 12.8 Å². The lowest BCUT2D eigenvalue weighted by Gasteiger charge is -2.18. The predicted octanol–water partition coefficient (Wildman–Crippen LogP) is 2.41. The monoisotopic (exact) mass is 295 g/mol. The van der Waals surface area contributed by atoms with E-state index in [2.05, 4.69) is 11.1 Å². The number of nitrogens with one attached hydrogen (secondary N) is 1. The van der Waals surface area contributed by atoms with E-state index in [1.807, 2.05) is 0 Å². The predicted molar refractivity (Wildman–Crippen MR) is 80.9 cm³/mol. The zero-order chi connectivity index (χ0) is 15.7. The Morgan fingerprint density at radius 1 is 1.23 bits per heavy atom. The number of benzene rings is 1. The maximum atomic E-state index is 10.8. The maximum Gasteiger partial charge on any atom is 0.289 e. The number of nitriles is 1. The molecule has 2 aromatic rings. The molecule has 110 valence electrons. The molecule has 0 atom stereocenters. The molecule has 0 saturated heterocycles. The molecule has 1 aliphatic rings. The summed E-state index contributed by atoms with van der Waals surface area (Å²) in [4.78, 5) is 13.5. The molecule has 0 saturated carbocycles. The van der Waals surface area contributed by atoms with E-state index in [4.69, 9.17) is 5.73 Å². The number of hydrogen-bond acceptors (Lipinski definition) is 4. The lowest BCUT2D eigenvalue weighted by Crippen LogP contribution is -2.24. The van der Waals surface area contributed by atoms with E-state index >= 15 is 0 Å². The number of nitrogen functional groups attached to an aromatic ring is 1. The second kappa shape index (κ2) is 5.45. The van der Waals surface area contributed by atoms with Crippen molar-refractivity contribution < 1.29 is 9.91 Å². The molecular formula is C16H15N4O2+. The number of nitro groups is 1. The van der Waals surface area contributed by atoms with Crippen LogP contribution >= 0.6 is 0 Å². The first-order chi connectivity index (χ1) is 10.6. The van der Waals surface area contributed by atoms with Crippen LogP contribution in [0.5, 0.6) is 0 Å². The number of non-ortho nitro benzene ring substituents is 1. The quantitative estimate of drug-likeness (QED) is 0.678. The number of hydrogen-bond donors (Lipinski definition) is 1. The van der Waals surface area contributed by atoms with Crippen molar-refractivity contribution in [3.05, 3.63) is 51.2 Å². The Hall–Kier alpha value is -2.94. The van der Waals surface area contributed by atoms with Gasteiger partial charge < -0.3 is 0 Å². The Morgan fingerprint density at radius 2 is 1.91 bits per heavy atom. The first-order valence-corrected chi connectivity index (χ1v) is 7.13. The fourth-order valence-corrected chi connectivity index (χ4v) is 3.01. The molecular weight excluding hydrogens is 280 g/mol. The summed E-state index contributed by atoms with van der Waals surface area (Å²) in [6.07, 6.45) is 3.95. The van der Waals surface area contributed by atoms with Crippen LogP contribution in [-0.4, -0.2) is 4.92 Å². The number of aromatic nitrogens is 1. The minimum absolute atomic E-state index is 0.0339. The Bertz CT molecular complexity index is 791. The van der Waals surface area contributed by atoms with E-state index in [-0.39, 0.29) is 5.69 Å². The molecule has 0 aliphatic heterocycles. The topological polar surface area (TPSA) is 107 Å². The van der Waals surface area contributed by atoms with Gasteiger partial charge in [-0.25, -0.2) is 4.98 Å². The first-order valence-electron chi connectivity index (χ1n) is 7.13. The average molecular weight is 295 g/mol. The van der Waals surface area contributed by atoms with E-state index < -0.39 is 4.92 Å². The maximum absolute atomic E-state index is 10.8. The van der Waals surface area contributed by atoms with Crippen LogP contribution in [0.25, 0.3) is 11.1 Å². The van der Waals surface area contributed by atoms with Gasteiger partial charge >= 0.3 is 0 Å². The van der Waals surface area contributed by atoms with Gasteiger partial charge in [-0.1, -0.05) is 0 Å². The zero-order valence-corrected chi connectivity index (χ0v) is 11.9. The molecule has 1 aromatic carbocycles. The summed E-state index contributed by atoms with van der Waals surface area (Å²) >= 11 is 0. The molecule has 1 heterocycles. The molecule has 3 N–H and O–H groups in total. The summed E-state index contributed by atoms with van der Waals surface area (Å²) in [6, 6.07) is 8.44. The van der Waals surface area contributed by atoms with Gasteiger partial charge in [0.25, 0.3) is 11.5 Å². The molecule has 0 unspecified atom stereocenters. The minimum atomic E-state index is -0.433. The van der Waals surface area contributed by atoms with Gasteiger partial charge in [0.15, 0.2) is 0 Å². The summed E-state index contributed by atoms with van der Waals surface area (Å²) in [6.45, 7) is 0. The first kappa shape index (κ1) is 14.0. The van der Waals surface area contributed by atoms with Crippen LogP contribution < -0.4 is 10.7 Å². The number of nitrogens with two attached hydrogens (primary N) is 1. The van der Waals surface area contributed by atoms with Crippen molar-refractivity contribution in [2.75, 3.05) is 5.73 Å². The fourth-order valence-electron chi connectivity index (χ4n) is 3.01. The molecule has 0 amide bonds. The molecule has 6 nitrogen and oxygen atoms in total. The average Bonchev–Trinajstić information content (AvgIpc) is 2.53. The van der Waals surface area contributed by atoms with Gasteiger partial charge in [0.05, 0.1) is 4.92 Å². The van der Waals surface area contributed by atoms with E-state index in [0.717, 1.165) is 48.1 Å². The number of aromatic amines is 1. The summed E-state index contributed by atoms with van der Waals surface area (Å²) < 4.78 is 0. The van der Waals surface area contributed by atoms with Gasteiger partial charge in [0.2, 0.25) is 0 Å². The van der Waals surface area contributed by atoms with Crippen molar-refractivity contribution in [3.63, 3.8) is 0 Å². The van der Waals surface area contributed by atoms with Crippen LogP contribution in [0.1, 0.15) is 29.7 Å². The third-order valence-electron chi connectivity index (χ3n) is 4.05. The number of nitro benzene ring substituents is 1. The normalized spacial score (nSPS) is 13.2. The van der Waals surface area contributed by atoms with Crippen molar-refractivity contribution in [3.8, 4) is 17.2 Å². The van der Waals surface area contributed by atoms with Crippen molar-refractivity contribution in [1.82, 2.24) is 0 Å². The smallest absolute Gasteiger partial charge is 0.286 e. The number of fused-ring (bicyclic) bond motifs is 1. The van der Waals surface area contributed by atoms with Crippen molar-refractivity contribution in [2.24, 2.45) is 0 Å². The van der Waals surface area contributed by atoms with E-state index in [1.54, 1.807) is 12.1 Å². The van der Waals surface area contributed by atoms with Crippen molar-refractivity contribution >= 4 is 11.5 Å². The Labute approximate surface area is 127 Å². The molecule has 0 bridgehead atoms. The number of anilines is 1. The van der Waals surface area contributed by atoms with Crippen molar-refractivity contribution in [2.45, 2.75) is 25.7 Å². The minimum Gasteiger partial charge on any atom is -0.286 e. The number of aryl methyl sites for hydroxylation is 1. The van der Waals surface area contributed by atoms with Crippen LogP contribution in [0, 0.1) is 21.4 Å². The van der Waals surface area contributed by atoms with E-state index in [0.29, 0.717) is 11.4 Å². The molecule has 22 heavy (non-hydrogen) atoms. The van der Waals surface area contributed by atoms with Gasteiger partial charge in [0, 0.05) is 29.7 Å². The van der Waals surface area contributed by atoms with Crippen LogP contribution in [0.15, 0.2) is 24.3 Å². The highest BCUT2D eigenvalue weighted by Crippen LogP contribution is 2.34. The largest absolute Gasteiger partial charge is 0.289 e. The van der Waals surface area contributed by atoms with Gasteiger partial charge in [0.1, 0.15) is 17.3 Å². The molecule has 3 rings (SSSR count). The van der Waals surface area contributed by atoms with Crippen LogP contribution in [0.4, 0.5) is 11.5 Å². The molecule has 0 spiro atoms. The van der Waals surface area contributed by atoms with Crippen LogP contribution in [0.2, 0.25) is 0 Å². The lowest BCUT2D eigenvalue weighted by atomic mass is 9.86. The molecule has 6 heteroatoms. The zero-order valence-electron chi connectivity index (χ0n) is 11.9. The van der Waals surface area contributed by atoms with Crippen LogP contribution in [0.3, 0.4) is 0 Å². The van der Waals surface area contributed by atoms with Gasteiger partial charge in [-0.15, -0.1) is 0 Å². The van der Waals surface area contributed by atoms with Crippen molar-refractivity contribution in [1.29, 1.82) is 5.26 Å². The molecule has 0 radical (unpaired) electrons. The van der Waals surface area contributed by atoms with E-state index in [1.165, 1.54) is 12.1 Å². The Kier molecular flexibility index (Phi) is 3.47. The highest BCUT2D eigenvalue weighted by molar-refractivity contribution is 5.78. The highest BCUT2D eigenvalue weighted by atomic mass is 16.6. The SMILES string of the molecule is N#Cc1c(N)[nH+]c2c(c1-c1ccc([N+](=O)[O-])cc1)CCCC2. The number of rotatable bonds is 2. The fraction of sp³-hybridized carbons (Fsp3) is 0.250. The number of H-pyrrole nitrogens is 1. The lowest BCUT2D eigenvalue weighted by molar-refractivity contribution is -0.384. The third-order valence-corrected chi connectivity index (χ3v) is 4.05.